The molecule has 1 rings (SSSR count). The second-order valence-corrected chi connectivity index (χ2v) is 6.26. The molecule has 0 spiro atoms. The second-order valence-electron chi connectivity index (χ2n) is 5.20. The molecule has 0 aromatic heterocycles. The quantitative estimate of drug-likeness (QED) is 0.442. The maximum atomic E-state index is 13.6. The highest BCUT2D eigenvalue weighted by Gasteiger charge is 2.09. The van der Waals surface area contributed by atoms with Crippen LogP contribution < -0.4 is 5.32 Å². The van der Waals surface area contributed by atoms with Gasteiger partial charge in [0.15, 0.2) is 0 Å². The smallest absolute Gasteiger partial charge is 0.136 e. The Labute approximate surface area is 127 Å². The van der Waals surface area contributed by atoms with E-state index in [1.54, 1.807) is 17.8 Å². The van der Waals surface area contributed by atoms with Crippen LogP contribution in [0.1, 0.15) is 52.4 Å². The number of unbranched alkanes of at least 4 members (excludes halogenated alkanes) is 4. The lowest BCUT2D eigenvalue weighted by molar-refractivity contribution is 0.496. The second kappa shape index (κ2) is 11.2. The lowest BCUT2D eigenvalue weighted by atomic mass is 10.1. The van der Waals surface area contributed by atoms with Crippen LogP contribution in [-0.2, 0) is 0 Å². The number of halogens is 1. The van der Waals surface area contributed by atoms with Crippen LogP contribution in [0.5, 0.6) is 0 Å². The van der Waals surface area contributed by atoms with Crippen molar-refractivity contribution in [3.63, 3.8) is 0 Å². The summed E-state index contributed by atoms with van der Waals surface area (Å²) >= 11 is 1.63. The summed E-state index contributed by atoms with van der Waals surface area (Å²) in [5, 5.41) is 3.52. The standard InChI is InChI=1S/C17H28FNS/c1-3-5-6-7-8-11-15(19-4-2)14-20-17-13-10-9-12-16(17)18/h9-10,12-13,15,19H,3-8,11,14H2,1-2H3. The Morgan fingerprint density at radius 1 is 1.10 bits per heavy atom. The van der Waals surface area contributed by atoms with Gasteiger partial charge in [0.05, 0.1) is 0 Å². The van der Waals surface area contributed by atoms with Gasteiger partial charge in [-0.3, -0.25) is 0 Å². The Bertz CT molecular complexity index is 357. The van der Waals surface area contributed by atoms with Gasteiger partial charge in [-0.15, -0.1) is 11.8 Å². The van der Waals surface area contributed by atoms with E-state index in [1.807, 2.05) is 12.1 Å². The van der Waals surface area contributed by atoms with Crippen LogP contribution in [0.3, 0.4) is 0 Å². The normalized spacial score (nSPS) is 12.6. The summed E-state index contributed by atoms with van der Waals surface area (Å²) in [5.41, 5.74) is 0. The fraction of sp³-hybridized carbons (Fsp3) is 0.647. The molecule has 0 saturated carbocycles. The molecule has 114 valence electrons. The molecule has 0 aliphatic carbocycles. The monoisotopic (exact) mass is 297 g/mol. The molecule has 0 amide bonds. The third-order valence-corrected chi connectivity index (χ3v) is 4.64. The summed E-state index contributed by atoms with van der Waals surface area (Å²) in [4.78, 5) is 0.765. The predicted molar refractivity (Wildman–Crippen MR) is 88.0 cm³/mol. The van der Waals surface area contributed by atoms with Crippen molar-refractivity contribution in [1.82, 2.24) is 5.32 Å². The fourth-order valence-corrected chi connectivity index (χ4v) is 3.33. The molecule has 1 aromatic carbocycles. The van der Waals surface area contributed by atoms with Crippen molar-refractivity contribution in [3.8, 4) is 0 Å². The van der Waals surface area contributed by atoms with E-state index in [0.717, 1.165) is 17.2 Å². The molecule has 0 bridgehead atoms. The van der Waals surface area contributed by atoms with Gasteiger partial charge in [0.2, 0.25) is 0 Å². The molecule has 0 aliphatic rings. The fourth-order valence-electron chi connectivity index (χ4n) is 2.28. The summed E-state index contributed by atoms with van der Waals surface area (Å²) in [7, 11) is 0. The van der Waals surface area contributed by atoms with Gasteiger partial charge < -0.3 is 5.32 Å². The molecule has 0 saturated heterocycles. The maximum Gasteiger partial charge on any atom is 0.136 e. The summed E-state index contributed by atoms with van der Waals surface area (Å²) in [6, 6.07) is 7.54. The predicted octanol–water partition coefficient (Wildman–Crippen LogP) is 5.26. The zero-order valence-electron chi connectivity index (χ0n) is 12.8. The average Bonchev–Trinajstić information content (AvgIpc) is 2.46. The lowest BCUT2D eigenvalue weighted by Crippen LogP contribution is -2.31. The molecule has 1 atom stereocenters. The third kappa shape index (κ3) is 7.30. The first-order valence-electron chi connectivity index (χ1n) is 7.88. The van der Waals surface area contributed by atoms with Crippen molar-refractivity contribution in [3.05, 3.63) is 30.1 Å². The van der Waals surface area contributed by atoms with E-state index in [4.69, 9.17) is 0 Å². The Kier molecular flexibility index (Phi) is 9.77. The Morgan fingerprint density at radius 2 is 1.85 bits per heavy atom. The van der Waals surface area contributed by atoms with Crippen LogP contribution in [-0.4, -0.2) is 18.3 Å². The number of nitrogens with one attached hydrogen (secondary N) is 1. The molecule has 1 nitrogen and oxygen atoms in total. The van der Waals surface area contributed by atoms with E-state index in [2.05, 4.69) is 19.2 Å². The molecule has 0 heterocycles. The topological polar surface area (TPSA) is 12.0 Å². The van der Waals surface area contributed by atoms with Crippen LogP contribution >= 0.6 is 11.8 Å². The number of benzene rings is 1. The van der Waals surface area contributed by atoms with Crippen molar-refractivity contribution in [2.75, 3.05) is 12.3 Å². The van der Waals surface area contributed by atoms with E-state index in [-0.39, 0.29) is 5.82 Å². The van der Waals surface area contributed by atoms with Crippen molar-refractivity contribution in [2.45, 2.75) is 63.3 Å². The molecular formula is C17H28FNS. The van der Waals surface area contributed by atoms with E-state index in [0.29, 0.717) is 6.04 Å². The summed E-state index contributed by atoms with van der Waals surface area (Å²) in [6.45, 7) is 5.36. The molecule has 0 aliphatic heterocycles. The Hall–Kier alpha value is -0.540. The van der Waals surface area contributed by atoms with Crippen molar-refractivity contribution in [1.29, 1.82) is 0 Å². The van der Waals surface area contributed by atoms with E-state index >= 15 is 0 Å². The highest BCUT2D eigenvalue weighted by molar-refractivity contribution is 7.99. The van der Waals surface area contributed by atoms with Gasteiger partial charge in [-0.05, 0) is 25.1 Å². The van der Waals surface area contributed by atoms with E-state index < -0.39 is 0 Å². The first-order chi connectivity index (χ1) is 9.77. The molecule has 1 aromatic rings. The van der Waals surface area contributed by atoms with Crippen LogP contribution in [0.2, 0.25) is 0 Å². The van der Waals surface area contributed by atoms with Gasteiger partial charge in [0, 0.05) is 16.7 Å². The summed E-state index contributed by atoms with van der Waals surface area (Å²) in [5.74, 6) is 0.846. The van der Waals surface area contributed by atoms with Crippen LogP contribution in [0.4, 0.5) is 4.39 Å². The van der Waals surface area contributed by atoms with Gasteiger partial charge in [-0.1, -0.05) is 58.1 Å². The van der Waals surface area contributed by atoms with Crippen LogP contribution in [0, 0.1) is 5.82 Å². The molecule has 0 fully saturated rings. The molecular weight excluding hydrogens is 269 g/mol. The Morgan fingerprint density at radius 3 is 2.55 bits per heavy atom. The largest absolute Gasteiger partial charge is 0.313 e. The Balaban J connectivity index is 2.29. The highest BCUT2D eigenvalue weighted by Crippen LogP contribution is 2.23. The van der Waals surface area contributed by atoms with Gasteiger partial charge in [0.25, 0.3) is 0 Å². The zero-order chi connectivity index (χ0) is 14.6. The van der Waals surface area contributed by atoms with Crippen LogP contribution in [0.15, 0.2) is 29.2 Å². The number of hydrogen-bond donors (Lipinski definition) is 1. The number of thioether (sulfide) groups is 1. The van der Waals surface area contributed by atoms with Crippen molar-refractivity contribution >= 4 is 11.8 Å². The first-order valence-corrected chi connectivity index (χ1v) is 8.87. The van der Waals surface area contributed by atoms with Gasteiger partial charge in [0.1, 0.15) is 5.82 Å². The molecule has 3 heteroatoms. The minimum atomic E-state index is -0.101. The molecule has 1 unspecified atom stereocenters. The zero-order valence-corrected chi connectivity index (χ0v) is 13.6. The van der Waals surface area contributed by atoms with E-state index in [1.165, 1.54) is 44.6 Å². The molecule has 1 N–H and O–H groups in total. The lowest BCUT2D eigenvalue weighted by Gasteiger charge is -2.17. The first kappa shape index (κ1) is 17.5. The van der Waals surface area contributed by atoms with E-state index in [9.17, 15) is 4.39 Å². The van der Waals surface area contributed by atoms with Crippen molar-refractivity contribution < 1.29 is 4.39 Å². The minimum Gasteiger partial charge on any atom is -0.313 e. The maximum absolute atomic E-state index is 13.6. The third-order valence-electron chi connectivity index (χ3n) is 3.43. The SMILES string of the molecule is CCCCCCCC(CSc1ccccc1F)NCC. The minimum absolute atomic E-state index is 0.101. The van der Waals surface area contributed by atoms with Gasteiger partial charge >= 0.3 is 0 Å². The summed E-state index contributed by atoms with van der Waals surface area (Å²) < 4.78 is 13.6. The number of rotatable bonds is 11. The van der Waals surface area contributed by atoms with Gasteiger partial charge in [-0.2, -0.15) is 0 Å². The highest BCUT2D eigenvalue weighted by atomic mass is 32.2. The number of hydrogen-bond acceptors (Lipinski definition) is 2. The molecule has 20 heavy (non-hydrogen) atoms. The summed E-state index contributed by atoms with van der Waals surface area (Å²) in [6.07, 6.45) is 7.76. The van der Waals surface area contributed by atoms with Crippen LogP contribution in [0.25, 0.3) is 0 Å². The van der Waals surface area contributed by atoms with Gasteiger partial charge in [-0.25, -0.2) is 4.39 Å². The molecule has 0 radical (unpaired) electrons. The van der Waals surface area contributed by atoms with Crippen molar-refractivity contribution in [2.24, 2.45) is 0 Å². The average molecular weight is 297 g/mol.